The van der Waals surface area contributed by atoms with Gasteiger partial charge in [-0.05, 0) is 32.6 Å². The monoisotopic (exact) mass is 228 g/mol. The first-order valence-corrected chi connectivity index (χ1v) is 6.23. The molecular weight excluding hydrogens is 204 g/mol. The number of hydrogen-bond donors (Lipinski definition) is 2. The van der Waals surface area contributed by atoms with Crippen LogP contribution in [0.15, 0.2) is 0 Å². The van der Waals surface area contributed by atoms with Gasteiger partial charge in [0, 0.05) is 12.6 Å². The van der Waals surface area contributed by atoms with Gasteiger partial charge < -0.3 is 15.8 Å². The smallest absolute Gasteiger partial charge is 0.236 e. The molecule has 0 saturated carbocycles. The van der Waals surface area contributed by atoms with Gasteiger partial charge in [-0.15, -0.1) is 0 Å². The number of amides is 1. The molecular formula is C12H24N2O2. The first-order chi connectivity index (χ1) is 7.53. The summed E-state index contributed by atoms with van der Waals surface area (Å²) in [4.78, 5) is 11.5. The van der Waals surface area contributed by atoms with E-state index < -0.39 is 6.04 Å². The van der Waals surface area contributed by atoms with E-state index in [1.165, 1.54) is 0 Å². The van der Waals surface area contributed by atoms with Crippen molar-refractivity contribution in [3.63, 3.8) is 0 Å². The molecule has 4 nitrogen and oxygen atoms in total. The molecule has 1 heterocycles. The van der Waals surface area contributed by atoms with Gasteiger partial charge in [0.15, 0.2) is 0 Å². The fraction of sp³-hybridized carbons (Fsp3) is 0.917. The molecule has 1 fully saturated rings. The van der Waals surface area contributed by atoms with Gasteiger partial charge in [-0.3, -0.25) is 4.79 Å². The maximum atomic E-state index is 11.5. The molecule has 0 aromatic carbocycles. The van der Waals surface area contributed by atoms with E-state index in [9.17, 15) is 4.79 Å². The number of carbonyl (C=O) groups is 1. The van der Waals surface area contributed by atoms with Crippen molar-refractivity contribution in [3.05, 3.63) is 0 Å². The van der Waals surface area contributed by atoms with Crippen molar-refractivity contribution >= 4 is 5.91 Å². The highest BCUT2D eigenvalue weighted by atomic mass is 16.5. The Bertz CT molecular complexity index is 237. The number of rotatable bonds is 4. The van der Waals surface area contributed by atoms with Crippen LogP contribution in [0.2, 0.25) is 0 Å². The Hall–Kier alpha value is -0.610. The van der Waals surface area contributed by atoms with Crippen LogP contribution in [0.4, 0.5) is 0 Å². The molecule has 1 amide bonds. The molecule has 4 heteroatoms. The fourth-order valence-corrected chi connectivity index (χ4v) is 2.23. The Balaban J connectivity index is 2.53. The lowest BCUT2D eigenvalue weighted by atomic mass is 9.86. The number of hydrogen-bond acceptors (Lipinski definition) is 3. The minimum atomic E-state index is -0.430. The van der Waals surface area contributed by atoms with Gasteiger partial charge >= 0.3 is 0 Å². The number of ether oxygens (including phenoxy) is 1. The van der Waals surface area contributed by atoms with Crippen molar-refractivity contribution in [1.29, 1.82) is 0 Å². The predicted octanol–water partition coefficient (Wildman–Crippen LogP) is 1.19. The summed E-state index contributed by atoms with van der Waals surface area (Å²) >= 11 is 0. The molecule has 3 N–H and O–H groups in total. The van der Waals surface area contributed by atoms with Gasteiger partial charge in [-0.2, -0.15) is 0 Å². The molecule has 0 aromatic rings. The van der Waals surface area contributed by atoms with E-state index in [4.69, 9.17) is 10.5 Å². The van der Waals surface area contributed by atoms with Crippen molar-refractivity contribution in [1.82, 2.24) is 5.32 Å². The highest BCUT2D eigenvalue weighted by molar-refractivity contribution is 5.81. The maximum Gasteiger partial charge on any atom is 0.236 e. The summed E-state index contributed by atoms with van der Waals surface area (Å²) in [6.07, 6.45) is 3.78. The van der Waals surface area contributed by atoms with E-state index in [0.717, 1.165) is 32.3 Å². The summed E-state index contributed by atoms with van der Waals surface area (Å²) in [6.45, 7) is 6.71. The molecule has 0 spiro atoms. The second kappa shape index (κ2) is 5.64. The van der Waals surface area contributed by atoms with Crippen LogP contribution in [0, 0.1) is 0 Å². The first-order valence-electron chi connectivity index (χ1n) is 6.23. The van der Waals surface area contributed by atoms with Crippen LogP contribution in [0.3, 0.4) is 0 Å². The van der Waals surface area contributed by atoms with E-state index in [2.05, 4.69) is 19.2 Å². The van der Waals surface area contributed by atoms with Crippen LogP contribution in [0.1, 0.15) is 46.5 Å². The van der Waals surface area contributed by atoms with Gasteiger partial charge in [0.05, 0.1) is 11.6 Å². The number of nitrogens with two attached hydrogens (primary N) is 1. The SMILES string of the molecule is CCC1(CC)CC(NC(=O)[C@H](C)N)CCO1. The molecule has 0 bridgehead atoms. The average Bonchev–Trinajstić information content (AvgIpc) is 2.29. The van der Waals surface area contributed by atoms with Crippen LogP contribution < -0.4 is 11.1 Å². The van der Waals surface area contributed by atoms with Crippen LogP contribution in [0.5, 0.6) is 0 Å². The third-order valence-corrected chi connectivity index (χ3v) is 3.54. The van der Waals surface area contributed by atoms with Crippen LogP contribution in [0.25, 0.3) is 0 Å². The topological polar surface area (TPSA) is 64.4 Å². The van der Waals surface area contributed by atoms with Gasteiger partial charge in [0.25, 0.3) is 0 Å². The molecule has 0 radical (unpaired) electrons. The highest BCUT2D eigenvalue weighted by Gasteiger charge is 2.35. The first kappa shape index (κ1) is 13.5. The van der Waals surface area contributed by atoms with E-state index >= 15 is 0 Å². The van der Waals surface area contributed by atoms with Crippen LogP contribution in [-0.2, 0) is 9.53 Å². The van der Waals surface area contributed by atoms with Gasteiger partial charge in [0.1, 0.15) is 0 Å². The molecule has 2 atom stereocenters. The van der Waals surface area contributed by atoms with Crippen molar-refractivity contribution in [2.75, 3.05) is 6.61 Å². The van der Waals surface area contributed by atoms with Crippen molar-refractivity contribution in [3.8, 4) is 0 Å². The molecule has 16 heavy (non-hydrogen) atoms. The summed E-state index contributed by atoms with van der Waals surface area (Å²) in [6, 6.07) is -0.215. The zero-order valence-electron chi connectivity index (χ0n) is 10.6. The zero-order valence-corrected chi connectivity index (χ0v) is 10.6. The largest absolute Gasteiger partial charge is 0.375 e. The van der Waals surface area contributed by atoms with Crippen LogP contribution >= 0.6 is 0 Å². The lowest BCUT2D eigenvalue weighted by Crippen LogP contribution is -2.51. The van der Waals surface area contributed by atoms with Gasteiger partial charge in [0.2, 0.25) is 5.91 Å². The molecule has 1 unspecified atom stereocenters. The zero-order chi connectivity index (χ0) is 12.2. The minimum Gasteiger partial charge on any atom is -0.375 e. The lowest BCUT2D eigenvalue weighted by Gasteiger charge is -2.40. The summed E-state index contributed by atoms with van der Waals surface area (Å²) < 4.78 is 5.85. The molecule has 0 aliphatic carbocycles. The van der Waals surface area contributed by atoms with Gasteiger partial charge in [-0.1, -0.05) is 13.8 Å². The summed E-state index contributed by atoms with van der Waals surface area (Å²) in [5, 5.41) is 3.00. The summed E-state index contributed by atoms with van der Waals surface area (Å²) in [5.74, 6) is -0.0620. The molecule has 0 aromatic heterocycles. The summed E-state index contributed by atoms with van der Waals surface area (Å²) in [5.41, 5.74) is 5.49. The minimum absolute atomic E-state index is 0.0476. The second-order valence-electron chi connectivity index (χ2n) is 4.73. The third kappa shape index (κ3) is 3.19. The Morgan fingerprint density at radius 2 is 2.19 bits per heavy atom. The standard InChI is InChI=1S/C12H24N2O2/c1-4-12(5-2)8-10(6-7-16-12)14-11(15)9(3)13/h9-10H,4-8,13H2,1-3H3,(H,14,15)/t9-,10?/m0/s1. The quantitative estimate of drug-likeness (QED) is 0.759. The Labute approximate surface area is 97.9 Å². The second-order valence-corrected chi connectivity index (χ2v) is 4.73. The van der Waals surface area contributed by atoms with E-state index in [1.54, 1.807) is 6.92 Å². The number of carbonyl (C=O) groups excluding carboxylic acids is 1. The normalized spacial score (nSPS) is 26.1. The van der Waals surface area contributed by atoms with Gasteiger partial charge in [-0.25, -0.2) is 0 Å². The van der Waals surface area contributed by atoms with E-state index in [1.807, 2.05) is 0 Å². The van der Waals surface area contributed by atoms with Crippen molar-refractivity contribution in [2.24, 2.45) is 5.73 Å². The highest BCUT2D eigenvalue weighted by Crippen LogP contribution is 2.31. The van der Waals surface area contributed by atoms with E-state index in [-0.39, 0.29) is 17.6 Å². The molecule has 94 valence electrons. The number of nitrogens with one attached hydrogen (secondary N) is 1. The molecule has 1 saturated heterocycles. The Morgan fingerprint density at radius 3 is 2.69 bits per heavy atom. The van der Waals surface area contributed by atoms with Crippen LogP contribution in [-0.4, -0.2) is 30.2 Å². The van der Waals surface area contributed by atoms with Crippen molar-refractivity contribution < 1.29 is 9.53 Å². The Morgan fingerprint density at radius 1 is 1.56 bits per heavy atom. The van der Waals surface area contributed by atoms with Crippen molar-refractivity contribution in [2.45, 2.75) is 64.1 Å². The molecule has 1 aliphatic rings. The third-order valence-electron chi connectivity index (χ3n) is 3.54. The molecule has 1 aliphatic heterocycles. The summed E-state index contributed by atoms with van der Waals surface area (Å²) in [7, 11) is 0. The van der Waals surface area contributed by atoms with E-state index in [0.29, 0.717) is 0 Å². The fourth-order valence-electron chi connectivity index (χ4n) is 2.23. The molecule has 1 rings (SSSR count). The maximum absolute atomic E-state index is 11.5. The predicted molar refractivity (Wildman–Crippen MR) is 64.1 cm³/mol. The lowest BCUT2D eigenvalue weighted by molar-refractivity contribution is -0.126. The average molecular weight is 228 g/mol. The Kier molecular flexibility index (Phi) is 4.74.